The predicted molar refractivity (Wildman–Crippen MR) is 190 cm³/mol. The summed E-state index contributed by atoms with van der Waals surface area (Å²) in [5.74, 6) is 1.89. The van der Waals surface area contributed by atoms with Crippen LogP contribution in [0.25, 0.3) is 16.6 Å². The van der Waals surface area contributed by atoms with Crippen molar-refractivity contribution in [2.45, 2.75) is 72.4 Å². The zero-order valence-electron chi connectivity index (χ0n) is 29.5. The van der Waals surface area contributed by atoms with E-state index in [0.29, 0.717) is 46.0 Å². The second kappa shape index (κ2) is 14.5. The van der Waals surface area contributed by atoms with Gasteiger partial charge in [0.1, 0.15) is 5.82 Å². The molecule has 3 saturated heterocycles. The SMILES string of the molecule is CC(=O)N1CC2CN(CCC[C@@H](C(C)C)N3CC[C@H](Cc4cn(-c5ccc(F)cc5C(=O)N(C)C(C)C)c5cncc(Cl)c45)C3)C[C@H]2C1. The van der Waals surface area contributed by atoms with Crippen molar-refractivity contribution in [1.82, 2.24) is 29.2 Å². The summed E-state index contributed by atoms with van der Waals surface area (Å²) in [4.78, 5) is 38.7. The van der Waals surface area contributed by atoms with Crippen molar-refractivity contribution >= 4 is 34.3 Å². The summed E-state index contributed by atoms with van der Waals surface area (Å²) >= 11 is 6.81. The fraction of sp³-hybridized carbons (Fsp3) is 0.605. The van der Waals surface area contributed by atoms with E-state index in [1.807, 2.05) is 23.3 Å². The number of pyridine rings is 1. The van der Waals surface area contributed by atoms with Gasteiger partial charge in [-0.15, -0.1) is 0 Å². The van der Waals surface area contributed by atoms with Gasteiger partial charge >= 0.3 is 0 Å². The minimum Gasteiger partial charge on any atom is -0.342 e. The van der Waals surface area contributed by atoms with Gasteiger partial charge in [0.25, 0.3) is 5.91 Å². The summed E-state index contributed by atoms with van der Waals surface area (Å²) in [5.41, 5.74) is 2.89. The molecule has 8 nitrogen and oxygen atoms in total. The minimum atomic E-state index is -0.443. The first-order chi connectivity index (χ1) is 22.9. The first-order valence-corrected chi connectivity index (χ1v) is 18.2. The number of benzene rings is 1. The van der Waals surface area contributed by atoms with Crippen molar-refractivity contribution in [2.75, 3.05) is 52.9 Å². The molecule has 5 heterocycles. The van der Waals surface area contributed by atoms with Crippen LogP contribution in [0.15, 0.2) is 36.8 Å². The molecule has 260 valence electrons. The van der Waals surface area contributed by atoms with Gasteiger partial charge in [0.05, 0.1) is 28.0 Å². The molecule has 2 amide bonds. The monoisotopic (exact) mass is 678 g/mol. The quantitative estimate of drug-likeness (QED) is 0.236. The van der Waals surface area contributed by atoms with Crippen LogP contribution in [0.5, 0.6) is 0 Å². The Hall–Kier alpha value is -3.01. The second-order valence-electron chi connectivity index (χ2n) is 15.2. The Kier molecular flexibility index (Phi) is 10.5. The molecule has 3 aliphatic rings. The number of hydrogen-bond acceptors (Lipinski definition) is 5. The maximum absolute atomic E-state index is 14.5. The third-order valence-corrected chi connectivity index (χ3v) is 11.6. The van der Waals surface area contributed by atoms with Gasteiger partial charge in [0, 0.05) is 76.6 Å². The zero-order valence-corrected chi connectivity index (χ0v) is 30.2. The lowest BCUT2D eigenvalue weighted by atomic mass is 9.96. The molecule has 0 aliphatic carbocycles. The number of halogens is 2. The summed E-state index contributed by atoms with van der Waals surface area (Å²) in [6.07, 6.45) is 9.94. The summed E-state index contributed by atoms with van der Waals surface area (Å²) in [6, 6.07) is 4.94. The number of nitrogens with zero attached hydrogens (tertiary/aromatic N) is 6. The lowest BCUT2D eigenvalue weighted by molar-refractivity contribution is -0.128. The van der Waals surface area contributed by atoms with Crippen LogP contribution in [-0.2, 0) is 11.2 Å². The molecule has 4 atom stereocenters. The zero-order chi connectivity index (χ0) is 34.3. The Bertz CT molecular complexity index is 1630. The molecule has 0 spiro atoms. The van der Waals surface area contributed by atoms with Gasteiger partial charge in [-0.25, -0.2) is 4.39 Å². The molecule has 10 heteroatoms. The Balaban J connectivity index is 1.14. The predicted octanol–water partition coefficient (Wildman–Crippen LogP) is 6.38. The highest BCUT2D eigenvalue weighted by Gasteiger charge is 2.40. The number of likely N-dealkylation sites (tertiary alicyclic amines) is 3. The van der Waals surface area contributed by atoms with Crippen molar-refractivity contribution in [3.05, 3.63) is 58.8 Å². The van der Waals surface area contributed by atoms with Crippen molar-refractivity contribution in [1.29, 1.82) is 0 Å². The number of hydrogen-bond donors (Lipinski definition) is 0. The highest BCUT2D eigenvalue weighted by molar-refractivity contribution is 6.35. The highest BCUT2D eigenvalue weighted by Crippen LogP contribution is 2.36. The lowest BCUT2D eigenvalue weighted by Gasteiger charge is -2.32. The van der Waals surface area contributed by atoms with Crippen molar-refractivity contribution in [3.63, 3.8) is 0 Å². The molecule has 2 aromatic heterocycles. The third kappa shape index (κ3) is 7.15. The van der Waals surface area contributed by atoms with Gasteiger partial charge in [-0.2, -0.15) is 0 Å². The second-order valence-corrected chi connectivity index (χ2v) is 15.6. The minimum absolute atomic E-state index is 0.0262. The Labute approximate surface area is 290 Å². The van der Waals surface area contributed by atoms with Gasteiger partial charge in [-0.3, -0.25) is 19.5 Å². The number of aromatic nitrogens is 2. The van der Waals surface area contributed by atoms with Gasteiger partial charge in [-0.1, -0.05) is 25.4 Å². The Morgan fingerprint density at radius 3 is 2.46 bits per heavy atom. The summed E-state index contributed by atoms with van der Waals surface area (Å²) < 4.78 is 16.5. The third-order valence-electron chi connectivity index (χ3n) is 11.3. The van der Waals surface area contributed by atoms with E-state index < -0.39 is 5.82 Å². The molecule has 0 bridgehead atoms. The van der Waals surface area contributed by atoms with E-state index in [2.05, 4.69) is 34.8 Å². The molecule has 1 aromatic carbocycles. The van der Waals surface area contributed by atoms with Crippen molar-refractivity contribution in [2.24, 2.45) is 23.7 Å². The maximum Gasteiger partial charge on any atom is 0.256 e. The number of carbonyl (C=O) groups excluding carboxylic acids is 2. The fourth-order valence-electron chi connectivity index (χ4n) is 8.52. The van der Waals surface area contributed by atoms with Crippen LogP contribution in [-0.4, -0.2) is 106 Å². The number of fused-ring (bicyclic) bond motifs is 2. The topological polar surface area (TPSA) is 64.9 Å². The standard InChI is InChI=1S/C38H52ClFN6O2/c1-24(2)34(8-7-12-43-19-29-21-45(26(5)47)22-30(29)20-43)44-13-11-27(18-44)14-28-23-46(36-17-41-16-33(39)37(28)36)35-10-9-31(40)15-32(35)38(48)42(6)25(3)4/h9-10,15-17,23-25,27,29-30,34H,7-8,11-14,18-22H2,1-6H3/t27-,29+,30?,34+/m1/s1. The van der Waals surface area contributed by atoms with E-state index in [1.54, 1.807) is 37.3 Å². The summed E-state index contributed by atoms with van der Waals surface area (Å²) in [6.45, 7) is 17.7. The molecule has 6 rings (SSSR count). The van der Waals surface area contributed by atoms with Crippen LogP contribution in [0.2, 0.25) is 5.02 Å². The Morgan fingerprint density at radius 1 is 1.06 bits per heavy atom. The molecule has 3 aliphatic heterocycles. The van der Waals surface area contributed by atoms with E-state index >= 15 is 0 Å². The van der Waals surface area contributed by atoms with E-state index in [0.717, 1.165) is 75.1 Å². The molecule has 0 radical (unpaired) electrons. The first kappa shape index (κ1) is 34.8. The molecular formula is C38H52ClFN6O2. The molecule has 0 N–H and O–H groups in total. The van der Waals surface area contributed by atoms with Crippen molar-refractivity contribution < 1.29 is 14.0 Å². The summed E-state index contributed by atoms with van der Waals surface area (Å²) in [7, 11) is 1.75. The fourth-order valence-corrected chi connectivity index (χ4v) is 8.79. The van der Waals surface area contributed by atoms with Crippen LogP contribution in [0.4, 0.5) is 4.39 Å². The van der Waals surface area contributed by atoms with E-state index in [4.69, 9.17) is 11.6 Å². The van der Waals surface area contributed by atoms with Crippen LogP contribution < -0.4 is 0 Å². The van der Waals surface area contributed by atoms with Crippen LogP contribution in [0.1, 0.15) is 69.8 Å². The number of carbonyl (C=O) groups is 2. The van der Waals surface area contributed by atoms with Crippen LogP contribution >= 0.6 is 11.6 Å². The molecule has 1 unspecified atom stereocenters. The summed E-state index contributed by atoms with van der Waals surface area (Å²) in [5, 5.41) is 1.54. The van der Waals surface area contributed by atoms with E-state index in [-0.39, 0.29) is 17.9 Å². The van der Waals surface area contributed by atoms with Crippen LogP contribution in [0, 0.1) is 29.5 Å². The molecule has 0 saturated carbocycles. The first-order valence-electron chi connectivity index (χ1n) is 17.8. The van der Waals surface area contributed by atoms with Crippen LogP contribution in [0.3, 0.4) is 0 Å². The average molecular weight is 679 g/mol. The molecule has 3 fully saturated rings. The van der Waals surface area contributed by atoms with E-state index in [1.165, 1.54) is 25.0 Å². The largest absolute Gasteiger partial charge is 0.342 e. The molecule has 3 aromatic rings. The number of amides is 2. The van der Waals surface area contributed by atoms with Gasteiger partial charge in [0.2, 0.25) is 5.91 Å². The smallest absolute Gasteiger partial charge is 0.256 e. The maximum atomic E-state index is 14.5. The number of rotatable bonds is 11. The van der Waals surface area contributed by atoms with Crippen molar-refractivity contribution in [3.8, 4) is 5.69 Å². The van der Waals surface area contributed by atoms with Gasteiger partial charge in [-0.05, 0) is 100 Å². The van der Waals surface area contributed by atoms with Gasteiger partial charge < -0.3 is 19.3 Å². The average Bonchev–Trinajstić information content (AvgIpc) is 3.82. The van der Waals surface area contributed by atoms with E-state index in [9.17, 15) is 14.0 Å². The van der Waals surface area contributed by atoms with Gasteiger partial charge in [0.15, 0.2) is 0 Å². The lowest BCUT2D eigenvalue weighted by Crippen LogP contribution is -2.38. The normalized spacial score (nSPS) is 22.4. The Morgan fingerprint density at radius 2 is 1.79 bits per heavy atom. The highest BCUT2D eigenvalue weighted by atomic mass is 35.5. The molecular weight excluding hydrogens is 627 g/mol. The molecule has 48 heavy (non-hydrogen) atoms.